The molecule has 1 aromatic heterocycles. The van der Waals surface area contributed by atoms with Gasteiger partial charge in [-0.25, -0.2) is 0 Å². The molecule has 0 spiro atoms. The van der Waals surface area contributed by atoms with Crippen molar-refractivity contribution < 1.29 is 9.21 Å². The number of furan rings is 1. The molecule has 0 fully saturated rings. The van der Waals surface area contributed by atoms with Gasteiger partial charge in [-0.15, -0.1) is 0 Å². The average molecular weight is 404 g/mol. The molecule has 1 heterocycles. The van der Waals surface area contributed by atoms with Crippen molar-refractivity contribution in [2.75, 3.05) is 5.32 Å². The predicted molar refractivity (Wildman–Crippen MR) is 99.5 cm³/mol. The van der Waals surface area contributed by atoms with Crippen molar-refractivity contribution in [3.63, 3.8) is 0 Å². The van der Waals surface area contributed by atoms with Crippen molar-refractivity contribution in [1.82, 2.24) is 0 Å². The number of aliphatic imine (C=N–C) groups is 1. The van der Waals surface area contributed by atoms with Crippen LogP contribution in [0.1, 0.15) is 16.1 Å². The quantitative estimate of drug-likeness (QED) is 0.568. The summed E-state index contributed by atoms with van der Waals surface area (Å²) in [7, 11) is 0. The van der Waals surface area contributed by atoms with Gasteiger partial charge in [0.1, 0.15) is 0 Å². The molecule has 120 valence electrons. The maximum Gasteiger partial charge on any atom is 0.291 e. The lowest BCUT2D eigenvalue weighted by Crippen LogP contribution is -2.10. The van der Waals surface area contributed by atoms with E-state index in [1.54, 1.807) is 36.5 Å². The molecule has 3 aromatic rings. The largest absolute Gasteiger partial charge is 0.459 e. The zero-order chi connectivity index (χ0) is 16.9. The van der Waals surface area contributed by atoms with Gasteiger partial charge in [-0.1, -0.05) is 39.7 Å². The zero-order valence-electron chi connectivity index (χ0n) is 12.4. The third-order valence-electron chi connectivity index (χ3n) is 3.18. The summed E-state index contributed by atoms with van der Waals surface area (Å²) in [5, 5.41) is 3.10. The van der Waals surface area contributed by atoms with E-state index in [9.17, 15) is 4.79 Å². The summed E-state index contributed by atoms with van der Waals surface area (Å²) >= 11 is 9.60. The standard InChI is InChI=1S/C18H12BrClN2O2/c19-13-5-3-12(4-6-13)11-21-14-7-8-16(15(20)10-14)22-18(23)17-2-1-9-24-17/h1-11H,(H,22,23). The summed E-state index contributed by atoms with van der Waals surface area (Å²) < 4.78 is 6.06. The first-order chi connectivity index (χ1) is 11.6. The second-order valence-corrected chi connectivity index (χ2v) is 6.23. The number of hydrogen-bond acceptors (Lipinski definition) is 3. The first kappa shape index (κ1) is 16.5. The third kappa shape index (κ3) is 4.13. The molecular weight excluding hydrogens is 392 g/mol. The van der Waals surface area contributed by atoms with E-state index in [0.717, 1.165) is 10.0 Å². The molecule has 0 aliphatic carbocycles. The monoisotopic (exact) mass is 402 g/mol. The van der Waals surface area contributed by atoms with Crippen LogP contribution in [0.25, 0.3) is 0 Å². The van der Waals surface area contributed by atoms with E-state index in [0.29, 0.717) is 16.4 Å². The third-order valence-corrected chi connectivity index (χ3v) is 4.02. The van der Waals surface area contributed by atoms with E-state index in [1.165, 1.54) is 6.26 Å². The van der Waals surface area contributed by atoms with Crippen LogP contribution in [0.3, 0.4) is 0 Å². The van der Waals surface area contributed by atoms with E-state index in [2.05, 4.69) is 26.2 Å². The Labute approximate surface area is 152 Å². The van der Waals surface area contributed by atoms with Crippen molar-refractivity contribution in [2.24, 2.45) is 4.99 Å². The Morgan fingerprint density at radius 2 is 1.96 bits per heavy atom. The van der Waals surface area contributed by atoms with Crippen molar-refractivity contribution >= 4 is 51.0 Å². The fraction of sp³-hybridized carbons (Fsp3) is 0. The molecule has 0 radical (unpaired) electrons. The van der Waals surface area contributed by atoms with Crippen LogP contribution in [0, 0.1) is 0 Å². The highest BCUT2D eigenvalue weighted by atomic mass is 79.9. The zero-order valence-corrected chi connectivity index (χ0v) is 14.7. The van der Waals surface area contributed by atoms with Crippen LogP contribution in [0.2, 0.25) is 5.02 Å². The van der Waals surface area contributed by atoms with Gasteiger partial charge >= 0.3 is 0 Å². The first-order valence-corrected chi connectivity index (χ1v) is 8.23. The van der Waals surface area contributed by atoms with E-state index in [1.807, 2.05) is 24.3 Å². The molecule has 4 nitrogen and oxygen atoms in total. The van der Waals surface area contributed by atoms with E-state index >= 15 is 0 Å². The van der Waals surface area contributed by atoms with Crippen LogP contribution in [-0.2, 0) is 0 Å². The van der Waals surface area contributed by atoms with Gasteiger partial charge in [0.25, 0.3) is 5.91 Å². The van der Waals surface area contributed by atoms with Gasteiger partial charge in [-0.3, -0.25) is 9.79 Å². The second kappa shape index (κ2) is 7.47. The Bertz CT molecular complexity index is 875. The minimum atomic E-state index is -0.354. The molecule has 1 amide bonds. The number of nitrogens with zero attached hydrogens (tertiary/aromatic N) is 1. The summed E-state index contributed by atoms with van der Waals surface area (Å²) in [6.45, 7) is 0. The van der Waals surface area contributed by atoms with E-state index in [-0.39, 0.29) is 11.7 Å². The van der Waals surface area contributed by atoms with E-state index < -0.39 is 0 Å². The Hall–Kier alpha value is -2.37. The molecule has 24 heavy (non-hydrogen) atoms. The molecule has 0 saturated carbocycles. The molecule has 6 heteroatoms. The highest BCUT2D eigenvalue weighted by molar-refractivity contribution is 9.10. The lowest BCUT2D eigenvalue weighted by atomic mass is 10.2. The van der Waals surface area contributed by atoms with Crippen LogP contribution < -0.4 is 5.32 Å². The Balaban J connectivity index is 1.72. The molecule has 0 bridgehead atoms. The summed E-state index contributed by atoms with van der Waals surface area (Å²) in [6, 6.07) is 16.2. The highest BCUT2D eigenvalue weighted by Gasteiger charge is 2.10. The molecule has 0 aliphatic rings. The number of nitrogens with one attached hydrogen (secondary N) is 1. The molecule has 3 rings (SSSR count). The van der Waals surface area contributed by atoms with Crippen molar-refractivity contribution in [3.05, 3.63) is 81.7 Å². The van der Waals surface area contributed by atoms with Crippen LogP contribution in [0.5, 0.6) is 0 Å². The van der Waals surface area contributed by atoms with Gasteiger partial charge in [0.2, 0.25) is 0 Å². The van der Waals surface area contributed by atoms with Crippen LogP contribution >= 0.6 is 27.5 Å². The highest BCUT2D eigenvalue weighted by Crippen LogP contribution is 2.27. The van der Waals surface area contributed by atoms with Gasteiger partial charge in [0.05, 0.1) is 22.7 Å². The number of rotatable bonds is 4. The second-order valence-electron chi connectivity index (χ2n) is 4.91. The lowest BCUT2D eigenvalue weighted by molar-refractivity contribution is 0.0996. The number of anilines is 1. The predicted octanol–water partition coefficient (Wildman–Crippen LogP) is 5.70. The normalized spacial score (nSPS) is 10.9. The van der Waals surface area contributed by atoms with Gasteiger partial charge in [-0.2, -0.15) is 0 Å². The molecule has 0 unspecified atom stereocenters. The fourth-order valence-electron chi connectivity index (χ4n) is 1.98. The molecular formula is C18H12BrClN2O2. The molecule has 1 N–H and O–H groups in total. The Morgan fingerprint density at radius 3 is 2.62 bits per heavy atom. The molecule has 0 saturated heterocycles. The summed E-state index contributed by atoms with van der Waals surface area (Å²) in [6.07, 6.45) is 3.19. The molecule has 2 aromatic carbocycles. The fourth-order valence-corrected chi connectivity index (χ4v) is 2.46. The van der Waals surface area contributed by atoms with Gasteiger partial charge in [0.15, 0.2) is 5.76 Å². The first-order valence-electron chi connectivity index (χ1n) is 7.06. The summed E-state index contributed by atoms with van der Waals surface area (Å²) in [5.41, 5.74) is 2.17. The maximum absolute atomic E-state index is 12.0. The van der Waals surface area contributed by atoms with Crippen LogP contribution in [-0.4, -0.2) is 12.1 Å². The Morgan fingerprint density at radius 1 is 1.17 bits per heavy atom. The SMILES string of the molecule is O=C(Nc1ccc(N=Cc2ccc(Br)cc2)cc1Cl)c1ccco1. The smallest absolute Gasteiger partial charge is 0.291 e. The number of halogens is 2. The van der Waals surface area contributed by atoms with Crippen LogP contribution in [0.4, 0.5) is 11.4 Å². The number of benzene rings is 2. The number of amides is 1. The lowest BCUT2D eigenvalue weighted by Gasteiger charge is -2.06. The van der Waals surface area contributed by atoms with E-state index in [4.69, 9.17) is 16.0 Å². The topological polar surface area (TPSA) is 54.6 Å². The minimum Gasteiger partial charge on any atom is -0.459 e. The Kier molecular flexibility index (Phi) is 5.13. The van der Waals surface area contributed by atoms with Crippen molar-refractivity contribution in [1.29, 1.82) is 0 Å². The van der Waals surface area contributed by atoms with Gasteiger partial charge < -0.3 is 9.73 Å². The minimum absolute atomic E-state index is 0.225. The molecule has 0 atom stereocenters. The van der Waals surface area contributed by atoms with Gasteiger partial charge in [0, 0.05) is 10.7 Å². The summed E-state index contributed by atoms with van der Waals surface area (Å²) in [5.74, 6) is -0.128. The van der Waals surface area contributed by atoms with Crippen LogP contribution in [0.15, 0.2) is 74.7 Å². The van der Waals surface area contributed by atoms with Crippen molar-refractivity contribution in [2.45, 2.75) is 0 Å². The average Bonchev–Trinajstić information content (AvgIpc) is 3.11. The number of carbonyl (C=O) groups is 1. The van der Waals surface area contributed by atoms with Gasteiger partial charge in [-0.05, 0) is 48.0 Å². The summed E-state index contributed by atoms with van der Waals surface area (Å²) in [4.78, 5) is 16.3. The molecule has 0 aliphatic heterocycles. The maximum atomic E-state index is 12.0. The van der Waals surface area contributed by atoms with Crippen molar-refractivity contribution in [3.8, 4) is 0 Å². The number of hydrogen-bond donors (Lipinski definition) is 1. The number of carbonyl (C=O) groups excluding carboxylic acids is 1.